The zero-order chi connectivity index (χ0) is 18.4. The summed E-state index contributed by atoms with van der Waals surface area (Å²) in [7, 11) is 0. The Hall–Kier alpha value is -1.88. The normalized spacial score (nSPS) is 12.4. The van der Waals surface area contributed by atoms with Crippen LogP contribution in [0, 0.1) is 0 Å². The predicted molar refractivity (Wildman–Crippen MR) is 57.6 cm³/mol. The summed E-state index contributed by atoms with van der Waals surface area (Å²) in [6, 6.07) is 0. The van der Waals surface area contributed by atoms with E-state index in [1.165, 1.54) is 0 Å². The summed E-state index contributed by atoms with van der Waals surface area (Å²) in [5.41, 5.74) is -0.875. The number of hydrogen-bond acceptors (Lipinski definition) is 4. The molecule has 0 aromatic heterocycles. The molecule has 12 heteroatoms. The summed E-state index contributed by atoms with van der Waals surface area (Å²) >= 11 is 0. The lowest BCUT2D eigenvalue weighted by atomic mass is 10.2. The molecule has 0 bridgehead atoms. The molecule has 0 amide bonds. The third kappa shape index (κ3) is 7.28. The Labute approximate surface area is 124 Å². The summed E-state index contributed by atoms with van der Waals surface area (Å²) in [6.07, 6.45) is -9.34. The van der Waals surface area contributed by atoms with Crippen LogP contribution in [0.3, 0.4) is 0 Å². The molecule has 0 aliphatic heterocycles. The average molecular weight is 358 g/mol. The van der Waals surface area contributed by atoms with Crippen molar-refractivity contribution in [1.82, 2.24) is 0 Å². The zero-order valence-electron chi connectivity index (χ0n) is 11.1. The fourth-order valence-corrected chi connectivity index (χ4v) is 0.864. The Morgan fingerprint density at radius 3 is 1.65 bits per heavy atom. The van der Waals surface area contributed by atoms with Crippen LogP contribution in [0.2, 0.25) is 0 Å². The molecule has 0 saturated heterocycles. The highest BCUT2D eigenvalue weighted by Crippen LogP contribution is 2.24. The second-order valence-corrected chi connectivity index (χ2v) is 4.14. The first-order valence-corrected chi connectivity index (χ1v) is 5.62. The van der Waals surface area contributed by atoms with E-state index in [-0.39, 0.29) is 0 Å². The number of ether oxygens (including phenoxy) is 2. The molecule has 0 aliphatic carbocycles. The second kappa shape index (κ2) is 8.11. The minimum Gasteiger partial charge on any atom is -0.459 e. The molecular weight excluding hydrogens is 348 g/mol. The van der Waals surface area contributed by atoms with Crippen molar-refractivity contribution in [2.24, 2.45) is 0 Å². The number of alkyl halides is 8. The van der Waals surface area contributed by atoms with Gasteiger partial charge >= 0.3 is 36.6 Å². The summed E-state index contributed by atoms with van der Waals surface area (Å²) in [6.45, 7) is -1.10. The number of hydrogen-bond donors (Lipinski definition) is 0. The molecule has 0 aliphatic rings. The molecule has 0 aromatic rings. The Kier molecular flexibility index (Phi) is 7.44. The van der Waals surface area contributed by atoms with Crippen LogP contribution in [0.1, 0.15) is 6.42 Å². The van der Waals surface area contributed by atoms with Crippen molar-refractivity contribution in [3.8, 4) is 0 Å². The van der Waals surface area contributed by atoms with Gasteiger partial charge in [-0.25, -0.2) is 22.4 Å². The lowest BCUT2D eigenvalue weighted by Gasteiger charge is -2.16. The number of rotatable bonds is 9. The molecule has 0 unspecified atom stereocenters. The van der Waals surface area contributed by atoms with E-state index in [0.29, 0.717) is 0 Å². The first-order valence-electron chi connectivity index (χ1n) is 5.62. The molecule has 23 heavy (non-hydrogen) atoms. The van der Waals surface area contributed by atoms with E-state index in [4.69, 9.17) is 0 Å². The maximum absolute atomic E-state index is 12.5. The van der Waals surface area contributed by atoms with Crippen LogP contribution in [0.15, 0.2) is 12.2 Å². The topological polar surface area (TPSA) is 52.6 Å². The van der Waals surface area contributed by atoms with E-state index < -0.39 is 61.8 Å². The molecular formula is C11H10F8O4. The van der Waals surface area contributed by atoms with E-state index in [0.717, 1.165) is 0 Å². The van der Waals surface area contributed by atoms with Gasteiger partial charge < -0.3 is 9.47 Å². The molecule has 0 N–H and O–H groups in total. The molecule has 0 atom stereocenters. The van der Waals surface area contributed by atoms with Gasteiger partial charge in [-0.1, -0.05) is 6.58 Å². The van der Waals surface area contributed by atoms with Gasteiger partial charge in [-0.2, -0.15) is 17.6 Å². The summed E-state index contributed by atoms with van der Waals surface area (Å²) in [5.74, 6) is -12.5. The van der Waals surface area contributed by atoms with Crippen LogP contribution in [0.4, 0.5) is 35.1 Å². The Bertz CT molecular complexity index is 449. The van der Waals surface area contributed by atoms with E-state index in [1.807, 2.05) is 0 Å². The van der Waals surface area contributed by atoms with Crippen molar-refractivity contribution >= 4 is 11.9 Å². The number of carbonyl (C=O) groups excluding carboxylic acids is 2. The summed E-state index contributed by atoms with van der Waals surface area (Å²) in [4.78, 5) is 22.1. The van der Waals surface area contributed by atoms with Gasteiger partial charge in [-0.05, 0) is 0 Å². The van der Waals surface area contributed by atoms with Gasteiger partial charge in [-0.3, -0.25) is 4.79 Å². The molecule has 0 radical (unpaired) electrons. The van der Waals surface area contributed by atoms with Crippen molar-refractivity contribution < 1.29 is 54.2 Å². The SMILES string of the molecule is C=C(CC(=O)OCC(F)(F)C(F)F)C(=O)OCC(F)(F)C(F)F. The Morgan fingerprint density at radius 2 is 1.26 bits per heavy atom. The molecule has 134 valence electrons. The fraction of sp³-hybridized carbons (Fsp3) is 0.636. The molecule has 0 saturated carbocycles. The fourth-order valence-electron chi connectivity index (χ4n) is 0.864. The van der Waals surface area contributed by atoms with E-state index in [9.17, 15) is 44.7 Å². The van der Waals surface area contributed by atoms with Crippen LogP contribution >= 0.6 is 0 Å². The predicted octanol–water partition coefficient (Wildman–Crippen LogP) is 2.82. The van der Waals surface area contributed by atoms with Gasteiger partial charge in [0.25, 0.3) is 0 Å². The molecule has 0 heterocycles. The first kappa shape index (κ1) is 21.1. The van der Waals surface area contributed by atoms with E-state index >= 15 is 0 Å². The number of halogens is 8. The van der Waals surface area contributed by atoms with Gasteiger partial charge in [0.05, 0.1) is 6.42 Å². The van der Waals surface area contributed by atoms with Gasteiger partial charge in [0.1, 0.15) is 0 Å². The highest BCUT2D eigenvalue weighted by Gasteiger charge is 2.43. The van der Waals surface area contributed by atoms with Gasteiger partial charge in [0.15, 0.2) is 13.2 Å². The van der Waals surface area contributed by atoms with Gasteiger partial charge in [-0.15, -0.1) is 0 Å². The smallest absolute Gasteiger partial charge is 0.340 e. The van der Waals surface area contributed by atoms with Crippen molar-refractivity contribution in [1.29, 1.82) is 0 Å². The van der Waals surface area contributed by atoms with Crippen LogP contribution < -0.4 is 0 Å². The van der Waals surface area contributed by atoms with Crippen molar-refractivity contribution in [3.63, 3.8) is 0 Å². The molecule has 0 spiro atoms. The second-order valence-electron chi connectivity index (χ2n) is 4.14. The van der Waals surface area contributed by atoms with Crippen LogP contribution in [-0.2, 0) is 19.1 Å². The lowest BCUT2D eigenvalue weighted by Crippen LogP contribution is -2.34. The lowest BCUT2D eigenvalue weighted by molar-refractivity contribution is -0.181. The van der Waals surface area contributed by atoms with Gasteiger partial charge in [0.2, 0.25) is 0 Å². The Balaban J connectivity index is 4.33. The summed E-state index contributed by atoms with van der Waals surface area (Å²) < 4.78 is 104. The highest BCUT2D eigenvalue weighted by molar-refractivity contribution is 5.93. The quantitative estimate of drug-likeness (QED) is 0.361. The average Bonchev–Trinajstić information content (AvgIpc) is 2.42. The standard InChI is InChI=1S/C11H10F8O4/c1-5(7(21)23-4-11(18,19)9(14)15)2-6(20)22-3-10(16,17)8(12)13/h8-9H,1-4H2. The third-order valence-electron chi connectivity index (χ3n) is 2.11. The van der Waals surface area contributed by atoms with Crippen LogP contribution in [0.5, 0.6) is 0 Å². The summed E-state index contributed by atoms with van der Waals surface area (Å²) in [5, 5.41) is 0. The van der Waals surface area contributed by atoms with Gasteiger partial charge in [0, 0.05) is 5.57 Å². The molecule has 0 aromatic carbocycles. The molecule has 0 rings (SSSR count). The zero-order valence-corrected chi connectivity index (χ0v) is 11.1. The van der Waals surface area contributed by atoms with E-state index in [1.54, 1.807) is 0 Å². The first-order chi connectivity index (χ1) is 10.3. The largest absolute Gasteiger partial charge is 0.459 e. The number of esters is 2. The number of carbonyl (C=O) groups is 2. The maximum Gasteiger partial charge on any atom is 0.340 e. The maximum atomic E-state index is 12.5. The van der Waals surface area contributed by atoms with Crippen molar-refractivity contribution in [2.45, 2.75) is 31.1 Å². The van der Waals surface area contributed by atoms with E-state index in [2.05, 4.69) is 16.1 Å². The monoisotopic (exact) mass is 358 g/mol. The van der Waals surface area contributed by atoms with Crippen LogP contribution in [0.25, 0.3) is 0 Å². The van der Waals surface area contributed by atoms with Crippen LogP contribution in [-0.4, -0.2) is 49.8 Å². The highest BCUT2D eigenvalue weighted by atomic mass is 19.3. The third-order valence-corrected chi connectivity index (χ3v) is 2.11. The Morgan fingerprint density at radius 1 is 0.870 bits per heavy atom. The molecule has 4 nitrogen and oxygen atoms in total. The van der Waals surface area contributed by atoms with Crippen molar-refractivity contribution in [3.05, 3.63) is 12.2 Å². The van der Waals surface area contributed by atoms with Crippen molar-refractivity contribution in [2.75, 3.05) is 13.2 Å². The minimum atomic E-state index is -4.63. The minimum absolute atomic E-state index is 0.875. The molecule has 0 fully saturated rings.